The van der Waals surface area contributed by atoms with Crippen molar-refractivity contribution >= 4 is 0 Å². The quantitative estimate of drug-likeness (QED) is 0.818. The van der Waals surface area contributed by atoms with Crippen LogP contribution in [-0.4, -0.2) is 24.0 Å². The van der Waals surface area contributed by atoms with Crippen LogP contribution in [0, 0.1) is 0 Å². The van der Waals surface area contributed by atoms with Crippen molar-refractivity contribution in [3.8, 4) is 11.5 Å². The predicted octanol–water partition coefficient (Wildman–Crippen LogP) is 1.67. The van der Waals surface area contributed by atoms with Gasteiger partial charge in [-0.1, -0.05) is 6.07 Å². The number of hydrogen-bond acceptors (Lipinski definition) is 4. The first-order chi connectivity index (χ1) is 8.11. The first-order valence-electron chi connectivity index (χ1n) is 5.85. The van der Waals surface area contributed by atoms with Crippen molar-refractivity contribution in [2.24, 2.45) is 0 Å². The molecule has 4 nitrogen and oxygen atoms in total. The van der Waals surface area contributed by atoms with Gasteiger partial charge in [0.1, 0.15) is 0 Å². The molecule has 1 aliphatic heterocycles. The molecule has 1 aromatic carbocycles. The van der Waals surface area contributed by atoms with Crippen LogP contribution in [0.5, 0.6) is 11.5 Å². The maximum absolute atomic E-state index is 8.95. The van der Waals surface area contributed by atoms with Crippen molar-refractivity contribution in [3.63, 3.8) is 0 Å². The average Bonchev–Trinajstić information content (AvgIpc) is 2.73. The van der Waals surface area contributed by atoms with E-state index in [-0.39, 0.29) is 12.1 Å². The standard InChI is InChI=1S/C13H19NO3/c1-13(2,5-6-15)14-8-10-3-4-11-12(7-10)17-9-16-11/h3-4,7,14-15H,5-6,8-9H2,1-2H3. The number of aliphatic hydroxyl groups excluding tert-OH is 1. The summed E-state index contributed by atoms with van der Waals surface area (Å²) in [6, 6.07) is 5.94. The molecule has 94 valence electrons. The van der Waals surface area contributed by atoms with Crippen LogP contribution in [0.3, 0.4) is 0 Å². The van der Waals surface area contributed by atoms with Crippen molar-refractivity contribution in [2.45, 2.75) is 32.4 Å². The minimum absolute atomic E-state index is 0.0644. The molecule has 0 saturated carbocycles. The molecule has 0 amide bonds. The van der Waals surface area contributed by atoms with E-state index in [0.29, 0.717) is 6.79 Å². The molecule has 0 radical (unpaired) electrons. The molecule has 1 heterocycles. The summed E-state index contributed by atoms with van der Waals surface area (Å²) in [5, 5.41) is 12.4. The summed E-state index contributed by atoms with van der Waals surface area (Å²) in [5.41, 5.74) is 1.09. The van der Waals surface area contributed by atoms with Gasteiger partial charge in [0.15, 0.2) is 11.5 Å². The van der Waals surface area contributed by atoms with E-state index in [2.05, 4.69) is 19.2 Å². The second-order valence-corrected chi connectivity index (χ2v) is 4.90. The van der Waals surface area contributed by atoms with E-state index in [9.17, 15) is 0 Å². The maximum atomic E-state index is 8.95. The first-order valence-corrected chi connectivity index (χ1v) is 5.85. The van der Waals surface area contributed by atoms with Gasteiger partial charge in [-0.25, -0.2) is 0 Å². The highest BCUT2D eigenvalue weighted by Gasteiger charge is 2.17. The smallest absolute Gasteiger partial charge is 0.231 e. The van der Waals surface area contributed by atoms with E-state index in [4.69, 9.17) is 14.6 Å². The number of hydrogen-bond donors (Lipinski definition) is 2. The van der Waals surface area contributed by atoms with Gasteiger partial charge in [0.05, 0.1) is 0 Å². The molecule has 0 aliphatic carbocycles. The topological polar surface area (TPSA) is 50.7 Å². The number of rotatable bonds is 5. The fourth-order valence-electron chi connectivity index (χ4n) is 1.76. The van der Waals surface area contributed by atoms with Gasteiger partial charge in [0.2, 0.25) is 6.79 Å². The molecule has 2 N–H and O–H groups in total. The Balaban J connectivity index is 1.95. The fourth-order valence-corrected chi connectivity index (χ4v) is 1.76. The lowest BCUT2D eigenvalue weighted by molar-refractivity contribution is 0.174. The predicted molar refractivity (Wildman–Crippen MR) is 65.2 cm³/mol. The largest absolute Gasteiger partial charge is 0.454 e. The SMILES string of the molecule is CC(C)(CCO)NCc1ccc2c(c1)OCO2. The van der Waals surface area contributed by atoms with Crippen molar-refractivity contribution < 1.29 is 14.6 Å². The Morgan fingerprint density at radius 3 is 2.82 bits per heavy atom. The van der Waals surface area contributed by atoms with Gasteiger partial charge in [-0.2, -0.15) is 0 Å². The third-order valence-corrected chi connectivity index (χ3v) is 2.94. The van der Waals surface area contributed by atoms with E-state index in [1.165, 1.54) is 0 Å². The summed E-state index contributed by atoms with van der Waals surface area (Å²) in [5.74, 6) is 1.62. The van der Waals surface area contributed by atoms with Gasteiger partial charge in [-0.05, 0) is 38.0 Å². The zero-order valence-corrected chi connectivity index (χ0v) is 10.3. The molecule has 0 aromatic heterocycles. The second-order valence-electron chi connectivity index (χ2n) is 4.90. The highest BCUT2D eigenvalue weighted by molar-refractivity contribution is 5.44. The van der Waals surface area contributed by atoms with Gasteiger partial charge in [-0.3, -0.25) is 0 Å². The summed E-state index contributed by atoms with van der Waals surface area (Å²) in [6.07, 6.45) is 0.734. The van der Waals surface area contributed by atoms with E-state index >= 15 is 0 Å². The van der Waals surface area contributed by atoms with Crippen LogP contribution in [0.15, 0.2) is 18.2 Å². The van der Waals surface area contributed by atoms with E-state index < -0.39 is 0 Å². The van der Waals surface area contributed by atoms with Crippen LogP contribution in [0.4, 0.5) is 0 Å². The Bertz CT molecular complexity index is 390. The molecule has 1 aromatic rings. The van der Waals surface area contributed by atoms with Crippen LogP contribution in [-0.2, 0) is 6.54 Å². The van der Waals surface area contributed by atoms with Gasteiger partial charge < -0.3 is 19.9 Å². The summed E-state index contributed by atoms with van der Waals surface area (Å²) in [6.45, 7) is 5.42. The Morgan fingerprint density at radius 1 is 1.29 bits per heavy atom. The van der Waals surface area contributed by atoms with Crippen molar-refractivity contribution in [1.29, 1.82) is 0 Å². The Hall–Kier alpha value is -1.26. The minimum Gasteiger partial charge on any atom is -0.454 e. The molecule has 0 saturated heterocycles. The van der Waals surface area contributed by atoms with Gasteiger partial charge >= 0.3 is 0 Å². The molecule has 0 fully saturated rings. The van der Waals surface area contributed by atoms with Crippen LogP contribution < -0.4 is 14.8 Å². The van der Waals surface area contributed by atoms with Crippen molar-refractivity contribution in [2.75, 3.05) is 13.4 Å². The average molecular weight is 237 g/mol. The van der Waals surface area contributed by atoms with Crippen LogP contribution >= 0.6 is 0 Å². The zero-order valence-electron chi connectivity index (χ0n) is 10.3. The van der Waals surface area contributed by atoms with Crippen LogP contribution in [0.25, 0.3) is 0 Å². The van der Waals surface area contributed by atoms with Crippen LogP contribution in [0.1, 0.15) is 25.8 Å². The fraction of sp³-hybridized carbons (Fsp3) is 0.538. The Kier molecular flexibility index (Phi) is 3.54. The summed E-state index contributed by atoms with van der Waals surface area (Å²) < 4.78 is 10.6. The lowest BCUT2D eigenvalue weighted by Gasteiger charge is -2.25. The Morgan fingerprint density at radius 2 is 2.06 bits per heavy atom. The summed E-state index contributed by atoms with van der Waals surface area (Å²) in [7, 11) is 0. The molecule has 17 heavy (non-hydrogen) atoms. The van der Waals surface area contributed by atoms with Crippen LogP contribution in [0.2, 0.25) is 0 Å². The lowest BCUT2D eigenvalue weighted by Crippen LogP contribution is -2.39. The Labute approximate surface area is 102 Å². The second kappa shape index (κ2) is 4.94. The minimum atomic E-state index is -0.0644. The highest BCUT2D eigenvalue weighted by atomic mass is 16.7. The summed E-state index contributed by atoms with van der Waals surface area (Å²) >= 11 is 0. The van der Waals surface area contributed by atoms with Gasteiger partial charge in [-0.15, -0.1) is 0 Å². The third-order valence-electron chi connectivity index (χ3n) is 2.94. The molecule has 0 unspecified atom stereocenters. The van der Waals surface area contributed by atoms with Gasteiger partial charge in [0.25, 0.3) is 0 Å². The third kappa shape index (κ3) is 3.11. The normalized spacial score (nSPS) is 14.1. The molecule has 0 spiro atoms. The van der Waals surface area contributed by atoms with E-state index in [1.54, 1.807) is 0 Å². The molecule has 4 heteroatoms. The van der Waals surface area contributed by atoms with Crippen molar-refractivity contribution in [3.05, 3.63) is 23.8 Å². The lowest BCUT2D eigenvalue weighted by atomic mass is 10.0. The molecular weight excluding hydrogens is 218 g/mol. The monoisotopic (exact) mass is 237 g/mol. The zero-order chi connectivity index (χ0) is 12.3. The first kappa shape index (κ1) is 12.2. The number of fused-ring (bicyclic) bond motifs is 1. The van der Waals surface area contributed by atoms with Gasteiger partial charge in [0, 0.05) is 18.7 Å². The van der Waals surface area contributed by atoms with Crippen molar-refractivity contribution in [1.82, 2.24) is 5.32 Å². The summed E-state index contributed by atoms with van der Waals surface area (Å²) in [4.78, 5) is 0. The van der Waals surface area contributed by atoms with E-state index in [0.717, 1.165) is 30.0 Å². The number of benzene rings is 1. The molecular formula is C13H19NO3. The maximum Gasteiger partial charge on any atom is 0.231 e. The number of nitrogens with one attached hydrogen (secondary N) is 1. The molecule has 1 aliphatic rings. The molecule has 2 rings (SSSR count). The van der Waals surface area contributed by atoms with E-state index in [1.807, 2.05) is 18.2 Å². The number of ether oxygens (including phenoxy) is 2. The molecule has 0 bridgehead atoms. The number of aliphatic hydroxyl groups is 1. The molecule has 0 atom stereocenters. The highest BCUT2D eigenvalue weighted by Crippen LogP contribution is 2.32.